The molecular formula is C26H22Cl2N2. The van der Waals surface area contributed by atoms with E-state index in [9.17, 15) is 0 Å². The molecule has 0 bridgehead atoms. The highest BCUT2D eigenvalue weighted by atomic mass is 35.5. The predicted octanol–water partition coefficient (Wildman–Crippen LogP) is 7.40. The molecule has 1 N–H and O–H groups in total. The van der Waals surface area contributed by atoms with Gasteiger partial charge in [0.2, 0.25) is 0 Å². The van der Waals surface area contributed by atoms with Crippen LogP contribution in [0.4, 0.5) is 0 Å². The maximum Gasteiger partial charge on any atom is 0.0947 e. The normalized spacial score (nSPS) is 16.0. The van der Waals surface area contributed by atoms with Gasteiger partial charge in [-0.1, -0.05) is 83.9 Å². The Kier molecular flexibility index (Phi) is 4.85. The number of aromatic amines is 1. The Morgan fingerprint density at radius 2 is 1.77 bits per heavy atom. The summed E-state index contributed by atoms with van der Waals surface area (Å²) in [6, 6.07) is 23.1. The minimum Gasteiger partial charge on any atom is -0.359 e. The third kappa shape index (κ3) is 3.21. The van der Waals surface area contributed by atoms with E-state index in [4.69, 9.17) is 23.2 Å². The van der Waals surface area contributed by atoms with E-state index >= 15 is 0 Å². The first-order valence-electron chi connectivity index (χ1n) is 10.1. The van der Waals surface area contributed by atoms with Crippen molar-refractivity contribution in [2.24, 2.45) is 0 Å². The van der Waals surface area contributed by atoms with Crippen LogP contribution in [-0.4, -0.2) is 16.4 Å². The first-order chi connectivity index (χ1) is 14.5. The van der Waals surface area contributed by atoms with Gasteiger partial charge in [-0.05, 0) is 48.2 Å². The summed E-state index contributed by atoms with van der Waals surface area (Å²) in [6.45, 7) is 7.45. The Morgan fingerprint density at radius 1 is 1.00 bits per heavy atom. The first-order valence-corrected chi connectivity index (χ1v) is 10.9. The number of benzene rings is 3. The van der Waals surface area contributed by atoms with E-state index in [0.717, 1.165) is 24.2 Å². The van der Waals surface area contributed by atoms with Gasteiger partial charge in [0.1, 0.15) is 0 Å². The monoisotopic (exact) mass is 432 g/mol. The molecule has 150 valence electrons. The average Bonchev–Trinajstić information content (AvgIpc) is 3.14. The predicted molar refractivity (Wildman–Crippen MR) is 127 cm³/mol. The number of fused-ring (bicyclic) bond motifs is 3. The van der Waals surface area contributed by atoms with Gasteiger partial charge in [-0.2, -0.15) is 0 Å². The fraction of sp³-hybridized carbons (Fsp3) is 0.154. The molecule has 0 aliphatic carbocycles. The molecule has 2 nitrogen and oxygen atoms in total. The number of aryl methyl sites for hydroxylation is 1. The number of hydrogen-bond acceptors (Lipinski definition) is 1. The summed E-state index contributed by atoms with van der Waals surface area (Å²) in [5, 5.41) is 2.41. The molecule has 0 saturated heterocycles. The van der Waals surface area contributed by atoms with Gasteiger partial charge in [0.05, 0.1) is 16.1 Å². The number of nitrogens with zero attached hydrogens (tertiary/aromatic N) is 1. The molecule has 1 atom stereocenters. The number of rotatable bonds is 3. The minimum absolute atomic E-state index is 0.0590. The molecule has 5 rings (SSSR count). The standard InChI is InChI=1S/C26H22Cl2N2/c1-16-7-9-18(10-8-16)26-25-21(20-5-3-4-6-24(20)29-25)13-14-30(26)17(2)19-11-12-22(27)23(28)15-19/h3-12,15,26,29H,2,13-14H2,1H3. The van der Waals surface area contributed by atoms with Gasteiger partial charge in [0.15, 0.2) is 0 Å². The molecule has 0 saturated carbocycles. The Hall–Kier alpha value is -2.68. The number of nitrogens with one attached hydrogen (secondary N) is 1. The summed E-state index contributed by atoms with van der Waals surface area (Å²) in [5.41, 5.74) is 8.25. The van der Waals surface area contributed by atoms with E-state index in [1.54, 1.807) is 0 Å². The Bertz CT molecular complexity index is 1250. The van der Waals surface area contributed by atoms with Crippen molar-refractivity contribution in [2.45, 2.75) is 19.4 Å². The fourth-order valence-corrected chi connectivity index (χ4v) is 4.77. The van der Waals surface area contributed by atoms with Crippen molar-refractivity contribution >= 4 is 39.8 Å². The largest absolute Gasteiger partial charge is 0.359 e. The molecule has 0 amide bonds. The second-order valence-electron chi connectivity index (χ2n) is 7.90. The zero-order chi connectivity index (χ0) is 20.8. The van der Waals surface area contributed by atoms with E-state index in [-0.39, 0.29) is 6.04 Å². The molecule has 4 heteroatoms. The van der Waals surface area contributed by atoms with Gasteiger partial charge < -0.3 is 9.88 Å². The summed E-state index contributed by atoms with van der Waals surface area (Å²) in [6.07, 6.45) is 0.960. The van der Waals surface area contributed by atoms with Gasteiger partial charge in [0, 0.05) is 28.8 Å². The molecule has 0 spiro atoms. The van der Waals surface area contributed by atoms with E-state index in [1.807, 2.05) is 18.2 Å². The van der Waals surface area contributed by atoms with Crippen molar-refractivity contribution in [3.05, 3.63) is 111 Å². The number of aromatic nitrogens is 1. The van der Waals surface area contributed by atoms with Crippen molar-refractivity contribution in [3.63, 3.8) is 0 Å². The van der Waals surface area contributed by atoms with E-state index in [2.05, 4.69) is 71.9 Å². The first kappa shape index (κ1) is 19.3. The molecule has 0 fully saturated rings. The van der Waals surface area contributed by atoms with E-state index in [1.165, 1.54) is 33.3 Å². The van der Waals surface area contributed by atoms with Crippen molar-refractivity contribution in [1.29, 1.82) is 0 Å². The van der Waals surface area contributed by atoms with Crippen LogP contribution in [0.15, 0.2) is 73.3 Å². The molecule has 0 radical (unpaired) electrons. The summed E-state index contributed by atoms with van der Waals surface area (Å²) >= 11 is 12.4. The lowest BCUT2D eigenvalue weighted by Crippen LogP contribution is -2.34. The second-order valence-corrected chi connectivity index (χ2v) is 8.71. The van der Waals surface area contributed by atoms with Crippen LogP contribution < -0.4 is 0 Å². The number of H-pyrrole nitrogens is 1. The molecule has 1 aliphatic rings. The number of para-hydroxylation sites is 1. The zero-order valence-corrected chi connectivity index (χ0v) is 18.3. The SMILES string of the molecule is C=C(c1ccc(Cl)c(Cl)c1)N1CCc2c([nH]c3ccccc23)C1c1ccc(C)cc1. The van der Waals surface area contributed by atoms with E-state index < -0.39 is 0 Å². The molecule has 3 aromatic carbocycles. The van der Waals surface area contributed by atoms with Crippen LogP contribution in [0.3, 0.4) is 0 Å². The van der Waals surface area contributed by atoms with Crippen LogP contribution >= 0.6 is 23.2 Å². The molecule has 1 unspecified atom stereocenters. The van der Waals surface area contributed by atoms with Crippen LogP contribution in [-0.2, 0) is 6.42 Å². The maximum atomic E-state index is 6.30. The summed E-state index contributed by atoms with van der Waals surface area (Å²) in [4.78, 5) is 6.08. The molecule has 2 heterocycles. The lowest BCUT2D eigenvalue weighted by Gasteiger charge is -2.39. The molecule has 1 aromatic heterocycles. The van der Waals surface area contributed by atoms with Crippen molar-refractivity contribution in [3.8, 4) is 0 Å². The van der Waals surface area contributed by atoms with Gasteiger partial charge in [-0.25, -0.2) is 0 Å². The zero-order valence-electron chi connectivity index (χ0n) is 16.8. The quantitative estimate of drug-likeness (QED) is 0.357. The average molecular weight is 433 g/mol. The van der Waals surface area contributed by atoms with Crippen LogP contribution in [0.5, 0.6) is 0 Å². The second kappa shape index (κ2) is 7.54. The topological polar surface area (TPSA) is 19.0 Å². The Labute approximate surface area is 186 Å². The van der Waals surface area contributed by atoms with Gasteiger partial charge in [-0.15, -0.1) is 0 Å². The Morgan fingerprint density at radius 3 is 2.53 bits per heavy atom. The van der Waals surface area contributed by atoms with Crippen LogP contribution in [0, 0.1) is 6.92 Å². The highest BCUT2D eigenvalue weighted by Gasteiger charge is 2.32. The minimum atomic E-state index is 0.0590. The summed E-state index contributed by atoms with van der Waals surface area (Å²) in [7, 11) is 0. The van der Waals surface area contributed by atoms with Gasteiger partial charge in [-0.3, -0.25) is 0 Å². The van der Waals surface area contributed by atoms with Crippen LogP contribution in [0.2, 0.25) is 10.0 Å². The highest BCUT2D eigenvalue weighted by Crippen LogP contribution is 2.42. The van der Waals surface area contributed by atoms with E-state index in [0.29, 0.717) is 10.0 Å². The molecule has 1 aliphatic heterocycles. The molecule has 30 heavy (non-hydrogen) atoms. The smallest absolute Gasteiger partial charge is 0.0947 e. The lowest BCUT2D eigenvalue weighted by molar-refractivity contribution is 0.316. The maximum absolute atomic E-state index is 6.30. The number of halogens is 2. The third-order valence-electron chi connectivity index (χ3n) is 6.03. The fourth-order valence-electron chi connectivity index (χ4n) is 4.47. The van der Waals surface area contributed by atoms with Crippen molar-refractivity contribution < 1.29 is 0 Å². The lowest BCUT2D eigenvalue weighted by atomic mass is 9.91. The number of hydrogen-bond donors (Lipinski definition) is 1. The highest BCUT2D eigenvalue weighted by molar-refractivity contribution is 6.42. The summed E-state index contributed by atoms with van der Waals surface area (Å²) < 4.78 is 0. The van der Waals surface area contributed by atoms with Crippen molar-refractivity contribution in [1.82, 2.24) is 9.88 Å². The Balaban J connectivity index is 1.65. The van der Waals surface area contributed by atoms with Gasteiger partial charge >= 0.3 is 0 Å². The van der Waals surface area contributed by atoms with Crippen LogP contribution in [0.25, 0.3) is 16.6 Å². The van der Waals surface area contributed by atoms with Crippen LogP contribution in [0.1, 0.15) is 34.0 Å². The third-order valence-corrected chi connectivity index (χ3v) is 6.77. The molecular weight excluding hydrogens is 411 g/mol. The summed E-state index contributed by atoms with van der Waals surface area (Å²) in [5.74, 6) is 0. The molecule has 4 aromatic rings. The van der Waals surface area contributed by atoms with Gasteiger partial charge in [0.25, 0.3) is 0 Å². The van der Waals surface area contributed by atoms with Crippen molar-refractivity contribution in [2.75, 3.05) is 6.54 Å².